The molecule has 2 rings (SSSR count). The molecule has 2 atom stereocenters. The number of alkyl halides is 3. The maximum absolute atomic E-state index is 13.4. The first-order chi connectivity index (χ1) is 8.01. The van der Waals surface area contributed by atoms with E-state index < -0.39 is 23.0 Å². The Kier molecular flexibility index (Phi) is 3.44. The van der Waals surface area contributed by atoms with Crippen molar-refractivity contribution in [2.75, 3.05) is 0 Å². The first-order valence-corrected chi connectivity index (χ1v) is 5.70. The van der Waals surface area contributed by atoms with Crippen molar-refractivity contribution in [3.8, 4) is 0 Å². The van der Waals surface area contributed by atoms with Crippen molar-refractivity contribution in [2.24, 2.45) is 0 Å². The smallest absolute Gasteiger partial charge is 0.338 e. The van der Waals surface area contributed by atoms with Gasteiger partial charge in [-0.15, -0.1) is 0 Å². The van der Waals surface area contributed by atoms with Crippen LogP contribution in [0.25, 0.3) is 0 Å². The molecule has 1 fully saturated rings. The molecular weight excluding hydrogens is 298 g/mol. The molecule has 6 heteroatoms. The number of halogens is 3. The Morgan fingerprint density at radius 1 is 1.35 bits per heavy atom. The third-order valence-corrected chi connectivity index (χ3v) is 3.07. The molecule has 0 saturated carbocycles. The number of carbonyl (C=O) groups is 1. The lowest BCUT2D eigenvalue weighted by molar-refractivity contribution is -0.0899. The summed E-state index contributed by atoms with van der Waals surface area (Å²) in [7, 11) is 0. The van der Waals surface area contributed by atoms with Crippen molar-refractivity contribution < 1.29 is 23.0 Å². The summed E-state index contributed by atoms with van der Waals surface area (Å²) in [5.74, 6) is -4.08. The Morgan fingerprint density at radius 2 is 2.00 bits per heavy atom. The fraction of sp³-hybridized carbons (Fsp3) is 0.273. The molecule has 1 saturated heterocycles. The standard InChI is InChI=1S/C11H8BrF2O3/c12-10-11(13,14)8(6-16-10)17-9(15)7-4-2-1-3-5-7/h1-6,8,10H/t8-,10+/m1/s1. The van der Waals surface area contributed by atoms with Crippen molar-refractivity contribution in [3.63, 3.8) is 0 Å². The van der Waals surface area contributed by atoms with Crippen LogP contribution in [0.2, 0.25) is 0 Å². The van der Waals surface area contributed by atoms with Gasteiger partial charge in [0.1, 0.15) is 6.61 Å². The van der Waals surface area contributed by atoms with Crippen LogP contribution >= 0.6 is 15.9 Å². The van der Waals surface area contributed by atoms with Gasteiger partial charge in [0, 0.05) is 0 Å². The monoisotopic (exact) mass is 305 g/mol. The maximum atomic E-state index is 13.4. The van der Waals surface area contributed by atoms with E-state index in [0.717, 1.165) is 6.61 Å². The van der Waals surface area contributed by atoms with Crippen molar-refractivity contribution in [1.82, 2.24) is 0 Å². The van der Waals surface area contributed by atoms with E-state index >= 15 is 0 Å². The molecule has 0 N–H and O–H groups in total. The quantitative estimate of drug-likeness (QED) is 0.622. The first kappa shape index (κ1) is 12.4. The Hall–Kier alpha value is -1.01. The number of benzene rings is 1. The normalized spacial score (nSPS) is 26.8. The van der Waals surface area contributed by atoms with Crippen LogP contribution in [0.3, 0.4) is 0 Å². The highest BCUT2D eigenvalue weighted by Crippen LogP contribution is 2.39. The van der Waals surface area contributed by atoms with Gasteiger partial charge in [-0.1, -0.05) is 34.1 Å². The minimum absolute atomic E-state index is 0.217. The average molecular weight is 306 g/mol. The zero-order valence-corrected chi connectivity index (χ0v) is 10.1. The third-order valence-electron chi connectivity index (χ3n) is 2.25. The lowest BCUT2D eigenvalue weighted by Gasteiger charge is -2.18. The molecule has 0 unspecified atom stereocenters. The number of ether oxygens (including phenoxy) is 2. The van der Waals surface area contributed by atoms with Crippen LogP contribution in [-0.2, 0) is 9.47 Å². The predicted molar refractivity (Wildman–Crippen MR) is 58.7 cm³/mol. The van der Waals surface area contributed by atoms with Gasteiger partial charge in [0.25, 0.3) is 0 Å². The highest BCUT2D eigenvalue weighted by molar-refractivity contribution is 9.09. The summed E-state index contributed by atoms with van der Waals surface area (Å²) in [6, 6.07) is 7.93. The molecule has 1 aliphatic rings. The molecule has 1 radical (unpaired) electrons. The summed E-state index contributed by atoms with van der Waals surface area (Å²) in [4.78, 5) is 11.5. The SMILES string of the molecule is O=C(O[C@@H]1[CH]O[C@H](Br)C1(F)F)c1ccccc1. The Balaban J connectivity index is 2.06. The van der Waals surface area contributed by atoms with Crippen molar-refractivity contribution in [3.05, 3.63) is 42.5 Å². The second-order valence-electron chi connectivity index (χ2n) is 3.45. The minimum Gasteiger partial charge on any atom is -0.449 e. The van der Waals surface area contributed by atoms with Crippen LogP contribution in [0.4, 0.5) is 8.78 Å². The van der Waals surface area contributed by atoms with Gasteiger partial charge < -0.3 is 9.47 Å². The number of hydrogen-bond donors (Lipinski definition) is 0. The number of hydrogen-bond acceptors (Lipinski definition) is 3. The molecule has 0 amide bonds. The number of esters is 1. The van der Waals surface area contributed by atoms with Crippen LogP contribution in [-0.4, -0.2) is 23.0 Å². The van der Waals surface area contributed by atoms with E-state index in [-0.39, 0.29) is 5.56 Å². The predicted octanol–water partition coefficient (Wildman–Crippen LogP) is 2.76. The maximum Gasteiger partial charge on any atom is 0.338 e. The molecule has 3 nitrogen and oxygen atoms in total. The molecule has 91 valence electrons. The van der Waals surface area contributed by atoms with Crippen LogP contribution in [0.5, 0.6) is 0 Å². The second kappa shape index (κ2) is 4.70. The van der Waals surface area contributed by atoms with Crippen LogP contribution in [0.15, 0.2) is 30.3 Å². The largest absolute Gasteiger partial charge is 0.449 e. The summed E-state index contributed by atoms with van der Waals surface area (Å²) >= 11 is 2.65. The molecular formula is C11H8BrF2O3. The minimum atomic E-state index is -3.27. The third kappa shape index (κ3) is 2.47. The van der Waals surface area contributed by atoms with Gasteiger partial charge >= 0.3 is 11.9 Å². The van der Waals surface area contributed by atoms with E-state index in [1.807, 2.05) is 0 Å². The Bertz CT molecular complexity index is 410. The van der Waals surface area contributed by atoms with Crippen molar-refractivity contribution in [1.29, 1.82) is 0 Å². The number of carbonyl (C=O) groups excluding carboxylic acids is 1. The summed E-state index contributed by atoms with van der Waals surface area (Å²) in [6.45, 7) is 0.820. The molecule has 17 heavy (non-hydrogen) atoms. The fourth-order valence-electron chi connectivity index (χ4n) is 1.31. The van der Waals surface area contributed by atoms with Gasteiger partial charge in [-0.05, 0) is 12.1 Å². The zero-order valence-electron chi connectivity index (χ0n) is 8.48. The lowest BCUT2D eigenvalue weighted by Crippen LogP contribution is -2.37. The summed E-state index contributed by atoms with van der Waals surface area (Å²) < 4.78 is 36.1. The van der Waals surface area contributed by atoms with E-state index in [2.05, 4.69) is 25.4 Å². The molecule has 0 spiro atoms. The van der Waals surface area contributed by atoms with E-state index in [9.17, 15) is 13.6 Å². The highest BCUT2D eigenvalue weighted by atomic mass is 79.9. The summed E-state index contributed by atoms with van der Waals surface area (Å²) in [5, 5.41) is -1.47. The van der Waals surface area contributed by atoms with Crippen LogP contribution in [0, 0.1) is 6.61 Å². The van der Waals surface area contributed by atoms with Crippen LogP contribution < -0.4 is 0 Å². The lowest BCUT2D eigenvalue weighted by atomic mass is 10.2. The van der Waals surface area contributed by atoms with E-state index in [0.29, 0.717) is 0 Å². The van der Waals surface area contributed by atoms with Gasteiger partial charge in [0.2, 0.25) is 0 Å². The molecule has 1 aromatic rings. The van der Waals surface area contributed by atoms with Gasteiger partial charge in [-0.3, -0.25) is 0 Å². The number of rotatable bonds is 2. The van der Waals surface area contributed by atoms with E-state index in [1.165, 1.54) is 12.1 Å². The molecule has 0 bridgehead atoms. The zero-order chi connectivity index (χ0) is 12.5. The van der Waals surface area contributed by atoms with Gasteiger partial charge in [-0.2, -0.15) is 8.78 Å². The van der Waals surface area contributed by atoms with E-state index in [1.54, 1.807) is 18.2 Å². The van der Waals surface area contributed by atoms with Crippen molar-refractivity contribution in [2.45, 2.75) is 17.0 Å². The van der Waals surface area contributed by atoms with E-state index in [4.69, 9.17) is 0 Å². The van der Waals surface area contributed by atoms with Gasteiger partial charge in [0.05, 0.1) is 5.56 Å². The van der Waals surface area contributed by atoms with Crippen LogP contribution in [0.1, 0.15) is 10.4 Å². The Morgan fingerprint density at radius 3 is 2.53 bits per heavy atom. The Labute approximate surface area is 105 Å². The molecule has 0 aromatic heterocycles. The van der Waals surface area contributed by atoms with Gasteiger partial charge in [0.15, 0.2) is 11.1 Å². The first-order valence-electron chi connectivity index (χ1n) is 4.78. The van der Waals surface area contributed by atoms with Crippen molar-refractivity contribution >= 4 is 21.9 Å². The summed E-state index contributed by atoms with van der Waals surface area (Å²) in [6.07, 6.45) is -1.68. The molecule has 1 aromatic carbocycles. The average Bonchev–Trinajstić information content (AvgIpc) is 2.57. The molecule has 0 aliphatic carbocycles. The topological polar surface area (TPSA) is 35.5 Å². The second-order valence-corrected chi connectivity index (χ2v) is 4.29. The fourth-order valence-corrected chi connectivity index (χ4v) is 1.70. The van der Waals surface area contributed by atoms with Gasteiger partial charge in [-0.25, -0.2) is 4.79 Å². The molecule has 1 heterocycles. The molecule has 1 aliphatic heterocycles. The highest BCUT2D eigenvalue weighted by Gasteiger charge is 2.55. The summed E-state index contributed by atoms with van der Waals surface area (Å²) in [5.41, 5.74) is 0.217.